The summed E-state index contributed by atoms with van der Waals surface area (Å²) in [6.07, 6.45) is 2.00. The molecular formula is C21H21BrN4O. The van der Waals surface area contributed by atoms with Crippen LogP contribution in [0.1, 0.15) is 23.2 Å². The fourth-order valence-electron chi connectivity index (χ4n) is 3.44. The number of benzene rings is 2. The van der Waals surface area contributed by atoms with Crippen molar-refractivity contribution < 1.29 is 4.79 Å². The Morgan fingerprint density at radius 3 is 2.81 bits per heavy atom. The number of nitrogens with one attached hydrogen (secondary N) is 2. The summed E-state index contributed by atoms with van der Waals surface area (Å²) in [5.41, 5.74) is 2.80. The van der Waals surface area contributed by atoms with Gasteiger partial charge in [-0.1, -0.05) is 52.3 Å². The quantitative estimate of drug-likeness (QED) is 0.658. The van der Waals surface area contributed by atoms with Crippen LogP contribution in [0.5, 0.6) is 0 Å². The van der Waals surface area contributed by atoms with Crippen molar-refractivity contribution in [3.8, 4) is 11.3 Å². The van der Waals surface area contributed by atoms with Crippen molar-refractivity contribution >= 4 is 27.7 Å². The third kappa shape index (κ3) is 4.22. The van der Waals surface area contributed by atoms with Gasteiger partial charge in [0.2, 0.25) is 0 Å². The molecule has 0 radical (unpaired) electrons. The van der Waals surface area contributed by atoms with Crippen LogP contribution < -0.4 is 10.2 Å². The molecule has 0 saturated carbocycles. The van der Waals surface area contributed by atoms with E-state index in [-0.39, 0.29) is 11.9 Å². The van der Waals surface area contributed by atoms with E-state index in [2.05, 4.69) is 54.5 Å². The molecule has 4 rings (SSSR count). The number of hydrogen-bond acceptors (Lipinski definition) is 3. The summed E-state index contributed by atoms with van der Waals surface area (Å²) in [6, 6.07) is 19.8. The maximum absolute atomic E-state index is 12.5. The van der Waals surface area contributed by atoms with Crippen molar-refractivity contribution in [3.63, 3.8) is 0 Å². The van der Waals surface area contributed by atoms with Crippen LogP contribution in [0, 0.1) is 0 Å². The molecule has 6 heteroatoms. The number of H-pyrrole nitrogens is 1. The molecule has 2 aromatic carbocycles. The van der Waals surface area contributed by atoms with Gasteiger partial charge in [0, 0.05) is 35.2 Å². The molecule has 138 valence electrons. The highest BCUT2D eigenvalue weighted by Crippen LogP contribution is 2.24. The first-order valence-electron chi connectivity index (χ1n) is 9.11. The van der Waals surface area contributed by atoms with E-state index < -0.39 is 0 Å². The molecule has 1 fully saturated rings. The van der Waals surface area contributed by atoms with Crippen molar-refractivity contribution in [1.29, 1.82) is 0 Å². The zero-order valence-corrected chi connectivity index (χ0v) is 16.4. The van der Waals surface area contributed by atoms with Gasteiger partial charge < -0.3 is 10.2 Å². The van der Waals surface area contributed by atoms with E-state index >= 15 is 0 Å². The van der Waals surface area contributed by atoms with Crippen molar-refractivity contribution in [2.24, 2.45) is 0 Å². The Labute approximate surface area is 166 Å². The Hall–Kier alpha value is -2.60. The van der Waals surface area contributed by atoms with Crippen molar-refractivity contribution in [2.75, 3.05) is 18.0 Å². The fraction of sp³-hybridized carbons (Fsp3) is 0.238. The van der Waals surface area contributed by atoms with Crippen molar-refractivity contribution in [2.45, 2.75) is 18.9 Å². The van der Waals surface area contributed by atoms with Crippen LogP contribution in [0.4, 0.5) is 5.82 Å². The monoisotopic (exact) mass is 424 g/mol. The molecule has 1 atom stereocenters. The molecular weight excluding hydrogens is 404 g/mol. The van der Waals surface area contributed by atoms with E-state index in [0.717, 1.165) is 47.5 Å². The second-order valence-electron chi connectivity index (χ2n) is 6.77. The topological polar surface area (TPSA) is 61.0 Å². The SMILES string of the molecule is O=C(N[C@@H]1CCCN(c2cc(-c3ccccc3)[nH]n2)C1)c1cccc(Br)c1. The Morgan fingerprint density at radius 2 is 2.00 bits per heavy atom. The summed E-state index contributed by atoms with van der Waals surface area (Å²) in [5, 5.41) is 10.8. The van der Waals surface area contributed by atoms with Gasteiger partial charge in [-0.05, 0) is 36.6 Å². The first kappa shape index (κ1) is 17.8. The average molecular weight is 425 g/mol. The number of aromatic nitrogens is 2. The number of anilines is 1. The van der Waals surface area contributed by atoms with E-state index in [0.29, 0.717) is 5.56 Å². The molecule has 1 aliphatic rings. The lowest BCUT2D eigenvalue weighted by Crippen LogP contribution is -2.48. The molecule has 1 aromatic heterocycles. The smallest absolute Gasteiger partial charge is 0.251 e. The van der Waals surface area contributed by atoms with Gasteiger partial charge in [-0.15, -0.1) is 0 Å². The van der Waals surface area contributed by atoms with Gasteiger partial charge in [0.25, 0.3) is 5.91 Å². The molecule has 2 heterocycles. The summed E-state index contributed by atoms with van der Waals surface area (Å²) in [5.74, 6) is 0.894. The third-order valence-electron chi connectivity index (χ3n) is 4.82. The molecule has 0 bridgehead atoms. The molecule has 0 spiro atoms. The lowest BCUT2D eigenvalue weighted by atomic mass is 10.0. The molecule has 2 N–H and O–H groups in total. The Balaban J connectivity index is 1.42. The molecule has 1 aliphatic heterocycles. The fourth-order valence-corrected chi connectivity index (χ4v) is 3.84. The van der Waals surface area contributed by atoms with Crippen LogP contribution in [0.2, 0.25) is 0 Å². The number of carbonyl (C=O) groups is 1. The highest BCUT2D eigenvalue weighted by Gasteiger charge is 2.23. The lowest BCUT2D eigenvalue weighted by molar-refractivity contribution is 0.0933. The van der Waals surface area contributed by atoms with Crippen LogP contribution in [0.3, 0.4) is 0 Å². The standard InChI is InChI=1S/C21H21BrN4O/c22-17-9-4-8-16(12-17)21(27)23-18-10-5-11-26(14-18)20-13-19(24-25-20)15-6-2-1-3-7-15/h1-4,6-9,12-13,18H,5,10-11,14H2,(H,23,27)(H,24,25)/t18-/m1/s1. The number of piperidine rings is 1. The predicted octanol–water partition coefficient (Wildman–Crippen LogP) is 4.24. The zero-order chi connectivity index (χ0) is 18.6. The Kier molecular flexibility index (Phi) is 5.25. The van der Waals surface area contributed by atoms with E-state index in [1.165, 1.54) is 0 Å². The summed E-state index contributed by atoms with van der Waals surface area (Å²) in [4.78, 5) is 14.8. The second kappa shape index (κ2) is 7.96. The normalized spacial score (nSPS) is 16.9. The number of carbonyl (C=O) groups excluding carboxylic acids is 1. The van der Waals surface area contributed by atoms with Gasteiger partial charge in [0.1, 0.15) is 0 Å². The van der Waals surface area contributed by atoms with Crippen molar-refractivity contribution in [1.82, 2.24) is 15.5 Å². The number of amides is 1. The van der Waals surface area contributed by atoms with E-state index in [1.54, 1.807) is 0 Å². The number of hydrogen-bond donors (Lipinski definition) is 2. The van der Waals surface area contributed by atoms with Gasteiger partial charge >= 0.3 is 0 Å². The number of halogens is 1. The summed E-state index contributed by atoms with van der Waals surface area (Å²) in [6.45, 7) is 1.71. The summed E-state index contributed by atoms with van der Waals surface area (Å²) in [7, 11) is 0. The van der Waals surface area contributed by atoms with Gasteiger partial charge in [-0.3, -0.25) is 9.89 Å². The highest BCUT2D eigenvalue weighted by atomic mass is 79.9. The molecule has 3 aromatic rings. The minimum atomic E-state index is -0.0323. The maximum atomic E-state index is 12.5. The number of rotatable bonds is 4. The van der Waals surface area contributed by atoms with Gasteiger partial charge in [0.05, 0.1) is 5.69 Å². The maximum Gasteiger partial charge on any atom is 0.251 e. The average Bonchev–Trinajstić information content (AvgIpc) is 3.19. The highest BCUT2D eigenvalue weighted by molar-refractivity contribution is 9.10. The first-order valence-corrected chi connectivity index (χ1v) is 9.90. The van der Waals surface area contributed by atoms with Crippen LogP contribution >= 0.6 is 15.9 Å². The van der Waals surface area contributed by atoms with Gasteiger partial charge in [-0.2, -0.15) is 5.10 Å². The summed E-state index contributed by atoms with van der Waals surface area (Å²) < 4.78 is 0.908. The van der Waals surface area contributed by atoms with Crippen LogP contribution in [-0.2, 0) is 0 Å². The zero-order valence-electron chi connectivity index (χ0n) is 14.9. The van der Waals surface area contributed by atoms with Gasteiger partial charge in [0.15, 0.2) is 5.82 Å². The Morgan fingerprint density at radius 1 is 1.15 bits per heavy atom. The molecule has 0 unspecified atom stereocenters. The largest absolute Gasteiger partial charge is 0.353 e. The van der Waals surface area contributed by atoms with E-state index in [1.807, 2.05) is 42.5 Å². The number of nitrogens with zero attached hydrogens (tertiary/aromatic N) is 2. The molecule has 27 heavy (non-hydrogen) atoms. The van der Waals surface area contributed by atoms with E-state index in [4.69, 9.17) is 0 Å². The molecule has 5 nitrogen and oxygen atoms in total. The molecule has 1 saturated heterocycles. The number of aromatic amines is 1. The predicted molar refractivity (Wildman–Crippen MR) is 111 cm³/mol. The summed E-state index contributed by atoms with van der Waals surface area (Å²) >= 11 is 3.42. The van der Waals surface area contributed by atoms with Crippen LogP contribution in [0.25, 0.3) is 11.3 Å². The van der Waals surface area contributed by atoms with Gasteiger partial charge in [-0.25, -0.2) is 0 Å². The Bertz CT molecular complexity index is 925. The third-order valence-corrected chi connectivity index (χ3v) is 5.31. The minimum Gasteiger partial charge on any atom is -0.353 e. The second-order valence-corrected chi connectivity index (χ2v) is 7.69. The van der Waals surface area contributed by atoms with Crippen LogP contribution in [0.15, 0.2) is 65.1 Å². The van der Waals surface area contributed by atoms with Crippen molar-refractivity contribution in [3.05, 3.63) is 70.7 Å². The van der Waals surface area contributed by atoms with Crippen LogP contribution in [-0.4, -0.2) is 35.2 Å². The lowest BCUT2D eigenvalue weighted by Gasteiger charge is -2.33. The molecule has 1 amide bonds. The minimum absolute atomic E-state index is 0.0323. The molecule has 0 aliphatic carbocycles. The first-order chi connectivity index (χ1) is 13.2. The van der Waals surface area contributed by atoms with E-state index in [9.17, 15) is 4.79 Å².